The molecule has 0 spiro atoms. The van der Waals surface area contributed by atoms with Crippen LogP contribution in [0.3, 0.4) is 0 Å². The van der Waals surface area contributed by atoms with Crippen LogP contribution in [0.15, 0.2) is 24.5 Å². The molecule has 5 heteroatoms. The molecule has 0 radical (unpaired) electrons. The van der Waals surface area contributed by atoms with Gasteiger partial charge in [0.1, 0.15) is 21.3 Å². The maximum Gasteiger partial charge on any atom is 0.309 e. The second-order valence-electron chi connectivity index (χ2n) is 6.60. The molecular formula is C13H19B2NO2. The topological polar surface area (TPSA) is 39.2 Å². The number of nitrogens with zero attached hydrogens (tertiary/aromatic N) is 1. The van der Waals surface area contributed by atoms with E-state index in [2.05, 4.69) is 20.7 Å². The summed E-state index contributed by atoms with van der Waals surface area (Å²) in [6, 6.07) is 3.94. The monoisotopic (exact) mass is 243 g/mol. The van der Waals surface area contributed by atoms with E-state index in [4.69, 9.17) is 4.74 Å². The lowest BCUT2D eigenvalue weighted by Crippen LogP contribution is -2.26. The van der Waals surface area contributed by atoms with E-state index in [9.17, 15) is 4.79 Å². The minimum absolute atomic E-state index is 0.0363. The highest BCUT2D eigenvalue weighted by Gasteiger charge is 2.62. The van der Waals surface area contributed by atoms with Crippen LogP contribution < -0.4 is 0 Å². The summed E-state index contributed by atoms with van der Waals surface area (Å²) in [6.45, 7) is 5.71. The van der Waals surface area contributed by atoms with Crippen molar-refractivity contribution in [3.63, 3.8) is 0 Å². The first-order valence-corrected chi connectivity index (χ1v) is 6.36. The number of carbonyl (C=O) groups is 1. The van der Waals surface area contributed by atoms with E-state index >= 15 is 0 Å². The van der Waals surface area contributed by atoms with E-state index in [1.807, 2.05) is 39.1 Å². The third-order valence-corrected chi connectivity index (χ3v) is 3.53. The molecule has 1 aliphatic carbocycles. The Morgan fingerprint density at radius 3 is 2.61 bits per heavy atom. The van der Waals surface area contributed by atoms with Crippen LogP contribution in [0.2, 0.25) is 5.21 Å². The Bertz CT molecular complexity index is 454. The fourth-order valence-corrected chi connectivity index (χ4v) is 2.62. The zero-order chi connectivity index (χ0) is 13.6. The number of rotatable bonds is 2. The Labute approximate surface area is 110 Å². The van der Waals surface area contributed by atoms with Gasteiger partial charge in [-0.2, -0.15) is 0 Å². The lowest BCUT2D eigenvalue weighted by Gasteiger charge is -2.20. The van der Waals surface area contributed by atoms with E-state index in [0.717, 1.165) is 5.56 Å². The molecule has 0 amide bonds. The third kappa shape index (κ3) is 2.45. The van der Waals surface area contributed by atoms with Crippen molar-refractivity contribution in [3.8, 4) is 0 Å². The number of carbonyl (C=O) groups excluding carboxylic acids is 1. The van der Waals surface area contributed by atoms with Gasteiger partial charge in [-0.25, -0.2) is 0 Å². The number of aromatic nitrogens is 1. The first-order chi connectivity index (χ1) is 8.23. The number of hydrogen-bond donors (Lipinski definition) is 0. The molecular weight excluding hydrogens is 224 g/mol. The smallest absolute Gasteiger partial charge is 0.309 e. The van der Waals surface area contributed by atoms with Gasteiger partial charge in [-0.1, -0.05) is 11.3 Å². The van der Waals surface area contributed by atoms with Crippen LogP contribution in [0, 0.1) is 5.92 Å². The highest BCUT2D eigenvalue weighted by molar-refractivity contribution is 6.45. The van der Waals surface area contributed by atoms with Gasteiger partial charge in [0.25, 0.3) is 0 Å². The quantitative estimate of drug-likeness (QED) is 0.561. The maximum absolute atomic E-state index is 12.2. The zero-order valence-corrected chi connectivity index (χ0v) is 11.7. The molecule has 1 heterocycles. The van der Waals surface area contributed by atoms with Crippen molar-refractivity contribution < 1.29 is 9.53 Å². The van der Waals surface area contributed by atoms with Gasteiger partial charge >= 0.3 is 5.97 Å². The second-order valence-corrected chi connectivity index (χ2v) is 6.60. The largest absolute Gasteiger partial charge is 0.460 e. The molecule has 2 unspecified atom stereocenters. The summed E-state index contributed by atoms with van der Waals surface area (Å²) in [5.41, 5.74) is 0.702. The molecule has 94 valence electrons. The summed E-state index contributed by atoms with van der Waals surface area (Å²) in [6.07, 6.45) is 3.60. The molecule has 3 nitrogen and oxygen atoms in total. The van der Waals surface area contributed by atoms with Gasteiger partial charge in [0, 0.05) is 12.4 Å². The Morgan fingerprint density at radius 2 is 2.11 bits per heavy atom. The van der Waals surface area contributed by atoms with E-state index in [0.29, 0.717) is 0 Å². The molecule has 1 aromatic heterocycles. The Balaban J connectivity index is 2.15. The standard InChI is InChI=1S/C13H19B2NO2/c1-12(2,3)18-11(17)10-9(13(10,14)15)8-5-4-6-16-7-8/h4-7,9-10H,14-15H2,1-3H3. The van der Waals surface area contributed by atoms with Crippen molar-refractivity contribution >= 4 is 21.7 Å². The molecule has 0 aromatic carbocycles. The average Bonchev–Trinajstić information content (AvgIpc) is 2.80. The average molecular weight is 243 g/mol. The predicted octanol–water partition coefficient (Wildman–Crippen LogP) is 0.519. The van der Waals surface area contributed by atoms with Crippen molar-refractivity contribution in [1.82, 2.24) is 4.98 Å². The highest BCUT2D eigenvalue weighted by atomic mass is 16.6. The Kier molecular flexibility index (Phi) is 3.04. The second kappa shape index (κ2) is 4.15. The summed E-state index contributed by atoms with van der Waals surface area (Å²) in [5, 5.41) is -0.0363. The minimum Gasteiger partial charge on any atom is -0.460 e. The molecule has 1 aliphatic rings. The van der Waals surface area contributed by atoms with Crippen molar-refractivity contribution in [2.45, 2.75) is 37.5 Å². The van der Waals surface area contributed by atoms with Gasteiger partial charge in [0.15, 0.2) is 0 Å². The Morgan fingerprint density at radius 1 is 1.44 bits per heavy atom. The highest BCUT2D eigenvalue weighted by Crippen LogP contribution is 2.67. The summed E-state index contributed by atoms with van der Waals surface area (Å²) in [7, 11) is 4.22. The predicted molar refractivity (Wildman–Crippen MR) is 76.1 cm³/mol. The number of pyridine rings is 1. The normalized spacial score (nSPS) is 25.5. The van der Waals surface area contributed by atoms with Crippen LogP contribution >= 0.6 is 0 Å². The first-order valence-electron chi connectivity index (χ1n) is 6.36. The van der Waals surface area contributed by atoms with Crippen molar-refractivity contribution in [2.75, 3.05) is 0 Å². The fraction of sp³-hybridized carbons (Fsp3) is 0.538. The lowest BCUT2D eigenvalue weighted by molar-refractivity contribution is -0.156. The van der Waals surface area contributed by atoms with E-state index in [-0.39, 0.29) is 23.0 Å². The molecule has 0 N–H and O–H groups in total. The van der Waals surface area contributed by atoms with E-state index in [1.165, 1.54) is 0 Å². The van der Waals surface area contributed by atoms with Crippen LogP contribution in [-0.4, -0.2) is 32.2 Å². The zero-order valence-electron chi connectivity index (χ0n) is 11.7. The molecule has 1 aromatic rings. The summed E-state index contributed by atoms with van der Waals surface area (Å²) >= 11 is 0. The molecule has 1 fully saturated rings. The summed E-state index contributed by atoms with van der Waals surface area (Å²) < 4.78 is 5.49. The number of esters is 1. The van der Waals surface area contributed by atoms with Gasteiger partial charge in [0.05, 0.1) is 5.92 Å². The van der Waals surface area contributed by atoms with Crippen LogP contribution in [0.25, 0.3) is 0 Å². The SMILES string of the molecule is BC1(B)C(C(=O)OC(C)(C)C)C1c1cccnc1. The van der Waals surface area contributed by atoms with Gasteiger partial charge < -0.3 is 4.74 Å². The molecule has 18 heavy (non-hydrogen) atoms. The molecule has 0 saturated heterocycles. The minimum atomic E-state index is -0.421. The van der Waals surface area contributed by atoms with Gasteiger partial charge in [0.2, 0.25) is 0 Å². The fourth-order valence-electron chi connectivity index (χ4n) is 2.62. The number of ether oxygens (including phenoxy) is 1. The molecule has 1 saturated carbocycles. The van der Waals surface area contributed by atoms with Gasteiger partial charge in [-0.05, 0) is 38.3 Å². The molecule has 0 bridgehead atoms. The molecule has 2 atom stereocenters. The first kappa shape index (κ1) is 13.2. The van der Waals surface area contributed by atoms with Crippen molar-refractivity contribution in [2.24, 2.45) is 5.92 Å². The number of hydrogen-bond acceptors (Lipinski definition) is 3. The van der Waals surface area contributed by atoms with Crippen LogP contribution in [0.4, 0.5) is 0 Å². The van der Waals surface area contributed by atoms with E-state index in [1.54, 1.807) is 6.20 Å². The summed E-state index contributed by atoms with van der Waals surface area (Å²) in [4.78, 5) is 16.3. The Hall–Kier alpha value is -1.25. The van der Waals surface area contributed by atoms with Gasteiger partial charge in [-0.15, -0.1) is 0 Å². The van der Waals surface area contributed by atoms with E-state index < -0.39 is 5.60 Å². The maximum atomic E-state index is 12.2. The van der Waals surface area contributed by atoms with Crippen molar-refractivity contribution in [3.05, 3.63) is 30.1 Å². The van der Waals surface area contributed by atoms with Crippen molar-refractivity contribution in [1.29, 1.82) is 0 Å². The van der Waals surface area contributed by atoms with Crippen LogP contribution in [0.5, 0.6) is 0 Å². The molecule has 0 aliphatic heterocycles. The lowest BCUT2D eigenvalue weighted by atomic mass is 9.63. The van der Waals surface area contributed by atoms with Crippen LogP contribution in [-0.2, 0) is 9.53 Å². The third-order valence-electron chi connectivity index (χ3n) is 3.53. The summed E-state index contributed by atoms with van der Waals surface area (Å²) in [5.74, 6) is 0.0725. The van der Waals surface area contributed by atoms with Gasteiger partial charge in [-0.3, -0.25) is 9.78 Å². The molecule has 2 rings (SSSR count). The van der Waals surface area contributed by atoms with Crippen LogP contribution in [0.1, 0.15) is 32.3 Å².